The second-order valence-electron chi connectivity index (χ2n) is 4.37. The number of nitrogens with one attached hydrogen (secondary N) is 1. The van der Waals surface area contributed by atoms with Gasteiger partial charge in [-0.15, -0.1) is 0 Å². The Bertz CT molecular complexity index is 513. The molecule has 0 saturated carbocycles. The molecule has 0 saturated heterocycles. The number of ether oxygens (including phenoxy) is 1. The molecule has 3 amide bonds. The smallest absolute Gasteiger partial charge is 0.325 e. The number of anilines is 1. The van der Waals surface area contributed by atoms with Gasteiger partial charge in [0, 0.05) is 17.8 Å². The number of benzene rings is 1. The van der Waals surface area contributed by atoms with Gasteiger partial charge in [-0.05, 0) is 30.7 Å². The van der Waals surface area contributed by atoms with Crippen LogP contribution in [0.1, 0.15) is 23.7 Å². The number of nitrogens with zero attached hydrogens (tertiary/aromatic N) is 1. The van der Waals surface area contributed by atoms with Gasteiger partial charge in [0.05, 0.1) is 7.11 Å². The minimum atomic E-state index is -0.674. The number of carbonyl (C=O) groups excluding carboxylic acids is 3. The molecule has 3 N–H and O–H groups in total. The molecule has 7 nitrogen and oxygen atoms in total. The van der Waals surface area contributed by atoms with E-state index in [0.29, 0.717) is 17.8 Å². The van der Waals surface area contributed by atoms with E-state index < -0.39 is 12.0 Å². The summed E-state index contributed by atoms with van der Waals surface area (Å²) in [5.41, 5.74) is 5.92. The lowest BCUT2D eigenvalue weighted by molar-refractivity contribution is -0.141. The molecule has 1 rings (SSSR count). The van der Waals surface area contributed by atoms with E-state index in [-0.39, 0.29) is 12.5 Å². The Morgan fingerprint density at radius 3 is 2.33 bits per heavy atom. The SMILES string of the molecule is CCCN(CC(=O)OC)C(=O)c1ccc(NC(N)=O)cc1. The van der Waals surface area contributed by atoms with Crippen molar-refractivity contribution < 1.29 is 19.1 Å². The van der Waals surface area contributed by atoms with Crippen LogP contribution in [0.25, 0.3) is 0 Å². The van der Waals surface area contributed by atoms with Crippen molar-refractivity contribution in [1.82, 2.24) is 4.90 Å². The molecule has 0 radical (unpaired) electrons. The lowest BCUT2D eigenvalue weighted by atomic mass is 10.1. The molecule has 0 aliphatic carbocycles. The first kappa shape index (κ1) is 16.5. The Kier molecular flexibility index (Phi) is 6.19. The summed E-state index contributed by atoms with van der Waals surface area (Å²) in [7, 11) is 1.28. The number of nitrogens with two attached hydrogens (primary N) is 1. The van der Waals surface area contributed by atoms with E-state index >= 15 is 0 Å². The van der Waals surface area contributed by atoms with Crippen LogP contribution in [0.2, 0.25) is 0 Å². The Morgan fingerprint density at radius 2 is 1.86 bits per heavy atom. The van der Waals surface area contributed by atoms with Crippen molar-refractivity contribution in [3.8, 4) is 0 Å². The summed E-state index contributed by atoms with van der Waals surface area (Å²) >= 11 is 0. The number of hydrogen-bond donors (Lipinski definition) is 2. The third-order valence-electron chi connectivity index (χ3n) is 2.73. The van der Waals surface area contributed by atoms with E-state index in [1.54, 1.807) is 24.3 Å². The van der Waals surface area contributed by atoms with Gasteiger partial charge >= 0.3 is 12.0 Å². The number of carbonyl (C=O) groups is 3. The van der Waals surface area contributed by atoms with E-state index in [1.165, 1.54) is 12.0 Å². The fraction of sp³-hybridized carbons (Fsp3) is 0.357. The van der Waals surface area contributed by atoms with Gasteiger partial charge in [0.1, 0.15) is 6.54 Å². The lowest BCUT2D eigenvalue weighted by Crippen LogP contribution is -2.36. The van der Waals surface area contributed by atoms with Crippen LogP contribution in [-0.2, 0) is 9.53 Å². The molecular weight excluding hydrogens is 274 g/mol. The van der Waals surface area contributed by atoms with E-state index in [9.17, 15) is 14.4 Å². The normalized spacial score (nSPS) is 9.81. The van der Waals surface area contributed by atoms with Crippen molar-refractivity contribution in [2.75, 3.05) is 25.5 Å². The molecular formula is C14H19N3O4. The van der Waals surface area contributed by atoms with E-state index in [2.05, 4.69) is 10.1 Å². The molecule has 0 aliphatic heterocycles. The quantitative estimate of drug-likeness (QED) is 0.769. The van der Waals surface area contributed by atoms with E-state index in [0.717, 1.165) is 6.42 Å². The summed E-state index contributed by atoms with van der Waals surface area (Å²) in [4.78, 5) is 35.8. The Hall–Kier alpha value is -2.57. The summed E-state index contributed by atoms with van der Waals surface area (Å²) in [6.07, 6.45) is 0.726. The van der Waals surface area contributed by atoms with Crippen LogP contribution >= 0.6 is 0 Å². The van der Waals surface area contributed by atoms with Crippen molar-refractivity contribution in [2.24, 2.45) is 5.73 Å². The minimum Gasteiger partial charge on any atom is -0.468 e. The average Bonchev–Trinajstić information content (AvgIpc) is 2.46. The standard InChI is InChI=1S/C14H19N3O4/c1-3-8-17(9-12(18)21-2)13(19)10-4-6-11(7-5-10)16-14(15)20/h4-7H,3,8-9H2,1-2H3,(H3,15,16,20). The summed E-state index contributed by atoms with van der Waals surface area (Å²) in [5.74, 6) is -0.739. The number of hydrogen-bond acceptors (Lipinski definition) is 4. The van der Waals surface area contributed by atoms with Crippen LogP contribution in [0, 0.1) is 0 Å². The molecule has 114 valence electrons. The fourth-order valence-electron chi connectivity index (χ4n) is 1.76. The maximum absolute atomic E-state index is 12.3. The highest BCUT2D eigenvalue weighted by atomic mass is 16.5. The number of rotatable bonds is 6. The minimum absolute atomic E-state index is 0.0928. The zero-order valence-electron chi connectivity index (χ0n) is 12.1. The van der Waals surface area contributed by atoms with Gasteiger partial charge in [0.15, 0.2) is 0 Å². The molecule has 1 aromatic carbocycles. The molecule has 7 heteroatoms. The molecule has 0 aliphatic rings. The Labute approximate surface area is 123 Å². The average molecular weight is 293 g/mol. The van der Waals surface area contributed by atoms with Crippen LogP contribution < -0.4 is 11.1 Å². The van der Waals surface area contributed by atoms with Crippen molar-refractivity contribution in [3.63, 3.8) is 0 Å². The van der Waals surface area contributed by atoms with Gasteiger partial charge in [-0.3, -0.25) is 9.59 Å². The van der Waals surface area contributed by atoms with Crippen LogP contribution in [0.4, 0.5) is 10.5 Å². The molecule has 0 atom stereocenters. The largest absolute Gasteiger partial charge is 0.468 e. The molecule has 0 spiro atoms. The van der Waals surface area contributed by atoms with Gasteiger partial charge < -0.3 is 20.7 Å². The number of primary amides is 1. The van der Waals surface area contributed by atoms with Crippen molar-refractivity contribution in [3.05, 3.63) is 29.8 Å². The second kappa shape index (κ2) is 7.88. The molecule has 1 aromatic rings. The number of urea groups is 1. The maximum Gasteiger partial charge on any atom is 0.325 e. The van der Waals surface area contributed by atoms with Crippen molar-refractivity contribution in [2.45, 2.75) is 13.3 Å². The summed E-state index contributed by atoms with van der Waals surface area (Å²) < 4.78 is 4.58. The number of esters is 1. The Balaban J connectivity index is 2.82. The van der Waals surface area contributed by atoms with Gasteiger partial charge in [0.2, 0.25) is 0 Å². The summed E-state index contributed by atoms with van der Waals surface area (Å²) in [6.45, 7) is 2.27. The fourth-order valence-corrected chi connectivity index (χ4v) is 1.76. The summed E-state index contributed by atoms with van der Waals surface area (Å²) in [5, 5.41) is 2.41. The third-order valence-corrected chi connectivity index (χ3v) is 2.73. The van der Waals surface area contributed by atoms with Crippen molar-refractivity contribution >= 4 is 23.6 Å². The van der Waals surface area contributed by atoms with Crippen molar-refractivity contribution in [1.29, 1.82) is 0 Å². The van der Waals surface area contributed by atoms with E-state index in [4.69, 9.17) is 5.73 Å². The lowest BCUT2D eigenvalue weighted by Gasteiger charge is -2.20. The molecule has 21 heavy (non-hydrogen) atoms. The topological polar surface area (TPSA) is 102 Å². The number of amides is 3. The monoisotopic (exact) mass is 293 g/mol. The first-order valence-corrected chi connectivity index (χ1v) is 6.50. The van der Waals surface area contributed by atoms with E-state index in [1.807, 2.05) is 6.92 Å². The molecule has 0 fully saturated rings. The Morgan fingerprint density at radius 1 is 1.24 bits per heavy atom. The van der Waals surface area contributed by atoms with Gasteiger partial charge in [0.25, 0.3) is 5.91 Å². The van der Waals surface area contributed by atoms with Crippen LogP contribution in [0.5, 0.6) is 0 Å². The zero-order valence-corrected chi connectivity index (χ0v) is 12.1. The van der Waals surface area contributed by atoms with Gasteiger partial charge in [-0.1, -0.05) is 6.92 Å². The predicted octanol–water partition coefficient (Wildman–Crippen LogP) is 1.20. The van der Waals surface area contributed by atoms with Gasteiger partial charge in [-0.2, -0.15) is 0 Å². The summed E-state index contributed by atoms with van der Waals surface area (Å²) in [6, 6.07) is 5.59. The van der Waals surface area contributed by atoms with Gasteiger partial charge in [-0.25, -0.2) is 4.79 Å². The second-order valence-corrected chi connectivity index (χ2v) is 4.37. The zero-order chi connectivity index (χ0) is 15.8. The highest BCUT2D eigenvalue weighted by Gasteiger charge is 2.18. The maximum atomic E-state index is 12.3. The molecule has 0 aromatic heterocycles. The predicted molar refractivity (Wildman–Crippen MR) is 77.9 cm³/mol. The molecule has 0 unspecified atom stereocenters. The van der Waals surface area contributed by atoms with Crippen LogP contribution in [-0.4, -0.2) is 43.0 Å². The molecule has 0 heterocycles. The third kappa shape index (κ3) is 5.13. The van der Waals surface area contributed by atoms with Crippen LogP contribution in [0.3, 0.4) is 0 Å². The first-order valence-electron chi connectivity index (χ1n) is 6.50. The molecule has 0 bridgehead atoms. The highest BCUT2D eigenvalue weighted by molar-refractivity contribution is 5.96. The van der Waals surface area contributed by atoms with Crippen LogP contribution in [0.15, 0.2) is 24.3 Å². The highest BCUT2D eigenvalue weighted by Crippen LogP contribution is 2.12. The number of methoxy groups -OCH3 is 1. The first-order chi connectivity index (χ1) is 9.97.